The van der Waals surface area contributed by atoms with Crippen molar-refractivity contribution >= 4 is 33.7 Å². The predicted molar refractivity (Wildman–Crippen MR) is 139 cm³/mol. The molecule has 11 nitrogen and oxygen atoms in total. The number of ether oxygens (including phenoxy) is 1. The van der Waals surface area contributed by atoms with E-state index in [9.17, 15) is 9.90 Å². The van der Waals surface area contributed by atoms with Gasteiger partial charge >= 0.3 is 0 Å². The van der Waals surface area contributed by atoms with Crippen molar-refractivity contribution in [3.63, 3.8) is 0 Å². The summed E-state index contributed by atoms with van der Waals surface area (Å²) in [5, 5.41) is 21.3. The third-order valence-electron chi connectivity index (χ3n) is 6.20. The number of benzene rings is 1. The lowest BCUT2D eigenvalue weighted by molar-refractivity contribution is 0.0304. The van der Waals surface area contributed by atoms with E-state index in [1.807, 2.05) is 24.3 Å². The number of nitrogens with zero attached hydrogens (tertiary/aromatic N) is 5. The summed E-state index contributed by atoms with van der Waals surface area (Å²) in [6.45, 7) is 5.53. The van der Waals surface area contributed by atoms with Gasteiger partial charge in [0.1, 0.15) is 16.9 Å². The van der Waals surface area contributed by atoms with E-state index in [0.717, 1.165) is 22.0 Å². The number of carbonyl (C=O) groups is 1. The number of aromatic amines is 2. The van der Waals surface area contributed by atoms with Gasteiger partial charge in [-0.15, -0.1) is 0 Å². The molecule has 11 heteroatoms. The van der Waals surface area contributed by atoms with Crippen molar-refractivity contribution in [2.45, 2.75) is 19.6 Å². The van der Waals surface area contributed by atoms with Gasteiger partial charge in [0.25, 0.3) is 5.91 Å². The second kappa shape index (κ2) is 8.95. The number of morpholine rings is 1. The van der Waals surface area contributed by atoms with Crippen LogP contribution < -0.4 is 5.32 Å². The Labute approximate surface area is 211 Å². The average molecular weight is 499 g/mol. The van der Waals surface area contributed by atoms with E-state index in [1.54, 1.807) is 43.4 Å². The highest BCUT2D eigenvalue weighted by Crippen LogP contribution is 2.31. The van der Waals surface area contributed by atoms with Crippen LogP contribution in [0.3, 0.4) is 0 Å². The zero-order chi connectivity index (χ0) is 25.6. The summed E-state index contributed by atoms with van der Waals surface area (Å²) < 4.78 is 5.38. The molecule has 0 saturated carbocycles. The predicted octanol–water partition coefficient (Wildman–Crippen LogP) is 3.18. The number of imidazole rings is 1. The molecule has 0 aliphatic carbocycles. The lowest BCUT2D eigenvalue weighted by Gasteiger charge is -2.26. The Balaban J connectivity index is 1.38. The van der Waals surface area contributed by atoms with Crippen LogP contribution in [-0.4, -0.2) is 78.1 Å². The summed E-state index contributed by atoms with van der Waals surface area (Å²) in [5.74, 6) is 0.479. The van der Waals surface area contributed by atoms with Crippen LogP contribution in [0, 0.1) is 0 Å². The molecule has 4 aromatic heterocycles. The molecule has 1 aromatic carbocycles. The lowest BCUT2D eigenvalue weighted by atomic mass is 10.1. The molecule has 1 amide bonds. The minimum Gasteiger partial charge on any atom is -0.378 e. The second-order valence-corrected chi connectivity index (χ2v) is 9.53. The minimum absolute atomic E-state index is 0.0603. The number of fused-ring (bicyclic) bond motifs is 2. The number of anilines is 1. The van der Waals surface area contributed by atoms with Crippen molar-refractivity contribution in [3.05, 3.63) is 54.5 Å². The van der Waals surface area contributed by atoms with Gasteiger partial charge in [0.15, 0.2) is 11.5 Å². The maximum Gasteiger partial charge on any atom is 0.256 e. The number of nitrogens with one attached hydrogen (secondary N) is 3. The maximum absolute atomic E-state index is 13.2. The van der Waals surface area contributed by atoms with E-state index in [2.05, 4.69) is 30.5 Å². The van der Waals surface area contributed by atoms with Gasteiger partial charge in [-0.3, -0.25) is 14.9 Å². The fourth-order valence-corrected chi connectivity index (χ4v) is 4.51. The molecule has 188 valence electrons. The summed E-state index contributed by atoms with van der Waals surface area (Å²) in [6.07, 6.45) is 5.14. The van der Waals surface area contributed by atoms with Gasteiger partial charge in [0.2, 0.25) is 0 Å². The Morgan fingerprint density at radius 3 is 2.76 bits per heavy atom. The quantitative estimate of drug-likeness (QED) is 0.270. The van der Waals surface area contributed by atoms with E-state index in [1.165, 1.54) is 0 Å². The first-order valence-electron chi connectivity index (χ1n) is 12.0. The van der Waals surface area contributed by atoms with Gasteiger partial charge in [0.05, 0.1) is 41.6 Å². The van der Waals surface area contributed by atoms with E-state index in [0.29, 0.717) is 60.2 Å². The van der Waals surface area contributed by atoms with E-state index in [-0.39, 0.29) is 5.91 Å². The normalized spacial score (nSPS) is 14.4. The van der Waals surface area contributed by atoms with Gasteiger partial charge in [-0.25, -0.2) is 9.97 Å². The molecule has 0 radical (unpaired) electrons. The van der Waals surface area contributed by atoms with Gasteiger partial charge < -0.3 is 25.0 Å². The molecule has 0 spiro atoms. The van der Waals surface area contributed by atoms with Crippen molar-refractivity contribution in [3.8, 4) is 22.6 Å². The Morgan fingerprint density at radius 2 is 1.95 bits per heavy atom. The SMILES string of the molecule is CC(C)(O)Nc1cncc(-c2cnc3[nH]nc(-c4nc5c(C(=O)N6CCOCC6)cccc5[nH]4)c3c2)c1. The fourth-order valence-electron chi connectivity index (χ4n) is 4.51. The van der Waals surface area contributed by atoms with Crippen molar-refractivity contribution < 1.29 is 14.6 Å². The van der Waals surface area contributed by atoms with Crippen molar-refractivity contribution in [1.29, 1.82) is 0 Å². The molecule has 5 aromatic rings. The molecule has 5 heterocycles. The first-order valence-corrected chi connectivity index (χ1v) is 12.0. The van der Waals surface area contributed by atoms with Crippen molar-refractivity contribution in [1.82, 2.24) is 35.0 Å². The zero-order valence-corrected chi connectivity index (χ0v) is 20.4. The molecule has 1 aliphatic rings. The largest absolute Gasteiger partial charge is 0.378 e. The van der Waals surface area contributed by atoms with Gasteiger partial charge in [-0.05, 0) is 38.1 Å². The number of H-pyrrole nitrogens is 2. The van der Waals surface area contributed by atoms with Crippen molar-refractivity contribution in [2.24, 2.45) is 0 Å². The Kier molecular flexibility index (Phi) is 5.58. The average Bonchev–Trinajstić information content (AvgIpc) is 3.51. The summed E-state index contributed by atoms with van der Waals surface area (Å²) in [4.78, 5) is 31.9. The van der Waals surface area contributed by atoms with Crippen LogP contribution in [0.1, 0.15) is 24.2 Å². The summed E-state index contributed by atoms with van der Waals surface area (Å²) in [5.41, 5.74) is 4.39. The number of aromatic nitrogens is 6. The van der Waals surface area contributed by atoms with Gasteiger partial charge in [0, 0.05) is 36.6 Å². The van der Waals surface area contributed by atoms with Crippen molar-refractivity contribution in [2.75, 3.05) is 31.6 Å². The minimum atomic E-state index is -1.08. The number of rotatable bonds is 5. The number of pyridine rings is 2. The van der Waals surface area contributed by atoms with E-state index in [4.69, 9.17) is 9.72 Å². The zero-order valence-electron chi connectivity index (χ0n) is 20.4. The molecule has 1 aliphatic heterocycles. The number of para-hydroxylation sites is 1. The molecule has 37 heavy (non-hydrogen) atoms. The molecule has 1 fully saturated rings. The van der Waals surface area contributed by atoms with Crippen LogP contribution >= 0.6 is 0 Å². The molecule has 0 unspecified atom stereocenters. The fraction of sp³-hybridized carbons (Fsp3) is 0.269. The topological polar surface area (TPSA) is 145 Å². The lowest BCUT2D eigenvalue weighted by Crippen LogP contribution is -2.40. The Hall–Kier alpha value is -4.35. The standard InChI is InChI=1S/C26H26N8O3/c1-26(2,36)31-17-10-15(12-27-14-17)16-11-19-22(32-33-23(19)28-13-16)24-29-20-5-3-4-18(21(20)30-24)25(35)34-6-8-37-9-7-34/h3-5,10-14,31,36H,6-9H2,1-2H3,(H,29,30)(H,28,32,33). The van der Waals surface area contributed by atoms with Gasteiger partial charge in [-0.1, -0.05) is 6.07 Å². The Morgan fingerprint density at radius 1 is 1.14 bits per heavy atom. The maximum atomic E-state index is 13.2. The number of hydrogen-bond donors (Lipinski definition) is 4. The smallest absolute Gasteiger partial charge is 0.256 e. The van der Waals surface area contributed by atoms with Crippen LogP contribution in [0.5, 0.6) is 0 Å². The van der Waals surface area contributed by atoms with E-state index >= 15 is 0 Å². The van der Waals surface area contributed by atoms with Crippen LogP contribution in [-0.2, 0) is 4.74 Å². The molecular formula is C26H26N8O3. The van der Waals surface area contributed by atoms with E-state index < -0.39 is 5.72 Å². The summed E-state index contributed by atoms with van der Waals surface area (Å²) in [7, 11) is 0. The molecule has 6 rings (SSSR count). The molecule has 0 bridgehead atoms. The van der Waals surface area contributed by atoms with Crippen LogP contribution in [0.4, 0.5) is 5.69 Å². The number of hydrogen-bond acceptors (Lipinski definition) is 8. The van der Waals surface area contributed by atoms with Crippen LogP contribution in [0.2, 0.25) is 0 Å². The number of amides is 1. The first kappa shape index (κ1) is 23.1. The second-order valence-electron chi connectivity index (χ2n) is 9.53. The molecule has 1 saturated heterocycles. The highest BCUT2D eigenvalue weighted by molar-refractivity contribution is 6.06. The van der Waals surface area contributed by atoms with Crippen LogP contribution in [0.25, 0.3) is 44.7 Å². The summed E-state index contributed by atoms with van der Waals surface area (Å²) >= 11 is 0. The number of carbonyl (C=O) groups excluding carboxylic acids is 1. The number of aliphatic hydroxyl groups is 1. The Bertz CT molecular complexity index is 1610. The monoisotopic (exact) mass is 498 g/mol. The third kappa shape index (κ3) is 4.50. The summed E-state index contributed by atoms with van der Waals surface area (Å²) in [6, 6.07) is 9.42. The van der Waals surface area contributed by atoms with Crippen LogP contribution in [0.15, 0.2) is 48.9 Å². The molecule has 4 N–H and O–H groups in total. The third-order valence-corrected chi connectivity index (χ3v) is 6.20. The first-order chi connectivity index (χ1) is 17.9. The molecule has 0 atom stereocenters. The molecular weight excluding hydrogens is 472 g/mol. The highest BCUT2D eigenvalue weighted by Gasteiger charge is 2.23. The highest BCUT2D eigenvalue weighted by atomic mass is 16.5. The van der Waals surface area contributed by atoms with Gasteiger partial charge in [-0.2, -0.15) is 5.10 Å².